The molecule has 1 aromatic heterocycles. The molecule has 0 unspecified atom stereocenters. The van der Waals surface area contributed by atoms with Crippen LogP contribution >= 0.6 is 11.6 Å². The zero-order chi connectivity index (χ0) is 11.2. The van der Waals surface area contributed by atoms with Gasteiger partial charge in [0, 0.05) is 37.4 Å². The molecular formula is C13H19ClN2. The Kier molecular flexibility index (Phi) is 4.61. The highest BCUT2D eigenvalue weighted by Crippen LogP contribution is 2.24. The van der Waals surface area contributed by atoms with Gasteiger partial charge in [-0.15, -0.1) is 11.6 Å². The molecule has 0 aliphatic heterocycles. The number of hydrogen-bond acceptors (Lipinski definition) is 2. The van der Waals surface area contributed by atoms with Crippen LogP contribution in [0, 0.1) is 0 Å². The van der Waals surface area contributed by atoms with Gasteiger partial charge in [-0.05, 0) is 24.5 Å². The van der Waals surface area contributed by atoms with Gasteiger partial charge < -0.3 is 0 Å². The average Bonchev–Trinajstić information content (AvgIpc) is 2.83. The Balaban J connectivity index is 1.96. The van der Waals surface area contributed by atoms with Crippen LogP contribution < -0.4 is 0 Å². The standard InChI is InChI=1S/C13H19ClN2/c14-7-9-16(13-5-1-2-6-13)11-12-4-3-8-15-10-12/h3-4,8,10,13H,1-2,5-7,9,11H2. The van der Waals surface area contributed by atoms with E-state index in [2.05, 4.69) is 16.0 Å². The number of aromatic nitrogens is 1. The molecule has 1 aliphatic rings. The van der Waals surface area contributed by atoms with Gasteiger partial charge in [-0.25, -0.2) is 0 Å². The van der Waals surface area contributed by atoms with Crippen molar-refractivity contribution in [3.05, 3.63) is 30.1 Å². The zero-order valence-corrected chi connectivity index (χ0v) is 10.4. The van der Waals surface area contributed by atoms with E-state index in [1.165, 1.54) is 31.2 Å². The van der Waals surface area contributed by atoms with E-state index in [0.29, 0.717) is 0 Å². The molecule has 0 bridgehead atoms. The Morgan fingerprint density at radius 1 is 1.38 bits per heavy atom. The maximum absolute atomic E-state index is 5.88. The van der Waals surface area contributed by atoms with Crippen molar-refractivity contribution in [2.24, 2.45) is 0 Å². The van der Waals surface area contributed by atoms with E-state index in [4.69, 9.17) is 11.6 Å². The Labute approximate surface area is 103 Å². The summed E-state index contributed by atoms with van der Waals surface area (Å²) < 4.78 is 0. The van der Waals surface area contributed by atoms with Crippen LogP contribution in [0.5, 0.6) is 0 Å². The van der Waals surface area contributed by atoms with E-state index in [-0.39, 0.29) is 0 Å². The normalized spacial score (nSPS) is 17.1. The molecule has 0 atom stereocenters. The highest BCUT2D eigenvalue weighted by atomic mass is 35.5. The van der Waals surface area contributed by atoms with E-state index >= 15 is 0 Å². The quantitative estimate of drug-likeness (QED) is 0.733. The van der Waals surface area contributed by atoms with Gasteiger partial charge in [0.1, 0.15) is 0 Å². The lowest BCUT2D eigenvalue weighted by Crippen LogP contribution is -2.34. The minimum absolute atomic E-state index is 0.719. The lowest BCUT2D eigenvalue weighted by molar-refractivity contribution is 0.201. The van der Waals surface area contributed by atoms with Crippen molar-refractivity contribution in [3.63, 3.8) is 0 Å². The Morgan fingerprint density at radius 2 is 2.19 bits per heavy atom. The van der Waals surface area contributed by atoms with Gasteiger partial charge in [0.2, 0.25) is 0 Å². The number of alkyl halides is 1. The highest BCUT2D eigenvalue weighted by molar-refractivity contribution is 6.18. The summed E-state index contributed by atoms with van der Waals surface area (Å²) in [5.41, 5.74) is 1.29. The lowest BCUT2D eigenvalue weighted by atomic mass is 10.2. The molecule has 0 spiro atoms. The molecule has 1 heterocycles. The molecule has 1 saturated carbocycles. The summed E-state index contributed by atoms with van der Waals surface area (Å²) in [6.07, 6.45) is 9.18. The van der Waals surface area contributed by atoms with E-state index in [1.807, 2.05) is 18.5 Å². The van der Waals surface area contributed by atoms with Crippen LogP contribution in [0.3, 0.4) is 0 Å². The van der Waals surface area contributed by atoms with Gasteiger partial charge in [-0.2, -0.15) is 0 Å². The summed E-state index contributed by atoms with van der Waals surface area (Å²) in [5.74, 6) is 0.719. The first-order chi connectivity index (χ1) is 7.90. The maximum atomic E-state index is 5.88. The third kappa shape index (κ3) is 3.19. The number of hydrogen-bond donors (Lipinski definition) is 0. The second kappa shape index (κ2) is 6.21. The van der Waals surface area contributed by atoms with E-state index in [0.717, 1.165) is 25.0 Å². The first-order valence-corrected chi connectivity index (χ1v) is 6.62. The Bertz CT molecular complexity index is 296. The summed E-state index contributed by atoms with van der Waals surface area (Å²) in [5, 5.41) is 0. The van der Waals surface area contributed by atoms with Crippen LogP contribution in [0.15, 0.2) is 24.5 Å². The maximum Gasteiger partial charge on any atom is 0.0351 e. The van der Waals surface area contributed by atoms with Crippen molar-refractivity contribution in [1.82, 2.24) is 9.88 Å². The molecule has 0 aromatic carbocycles. The lowest BCUT2D eigenvalue weighted by Gasteiger charge is -2.27. The molecule has 0 amide bonds. The summed E-state index contributed by atoms with van der Waals surface area (Å²) in [6, 6.07) is 4.88. The molecule has 0 N–H and O–H groups in total. The third-order valence-electron chi connectivity index (χ3n) is 3.32. The van der Waals surface area contributed by atoms with Gasteiger partial charge in [-0.3, -0.25) is 9.88 Å². The first-order valence-electron chi connectivity index (χ1n) is 6.09. The van der Waals surface area contributed by atoms with Crippen LogP contribution in [-0.4, -0.2) is 28.4 Å². The summed E-state index contributed by atoms with van der Waals surface area (Å²) in [4.78, 5) is 6.68. The first kappa shape index (κ1) is 11.9. The van der Waals surface area contributed by atoms with Gasteiger partial charge in [0.25, 0.3) is 0 Å². The fourth-order valence-corrected chi connectivity index (χ4v) is 2.71. The predicted molar refractivity (Wildman–Crippen MR) is 67.6 cm³/mol. The minimum Gasteiger partial charge on any atom is -0.295 e. The van der Waals surface area contributed by atoms with Crippen LogP contribution in [0.4, 0.5) is 0 Å². The van der Waals surface area contributed by atoms with Crippen molar-refractivity contribution in [1.29, 1.82) is 0 Å². The largest absolute Gasteiger partial charge is 0.295 e. The van der Waals surface area contributed by atoms with Gasteiger partial charge in [-0.1, -0.05) is 18.9 Å². The second-order valence-electron chi connectivity index (χ2n) is 4.46. The Hall–Kier alpha value is -0.600. The minimum atomic E-state index is 0.719. The van der Waals surface area contributed by atoms with Gasteiger partial charge >= 0.3 is 0 Å². The summed E-state index contributed by atoms with van der Waals surface area (Å²) in [6.45, 7) is 1.98. The molecule has 1 fully saturated rings. The molecule has 3 heteroatoms. The van der Waals surface area contributed by atoms with Gasteiger partial charge in [0.15, 0.2) is 0 Å². The molecule has 88 valence electrons. The Morgan fingerprint density at radius 3 is 2.81 bits per heavy atom. The molecule has 1 aliphatic carbocycles. The predicted octanol–water partition coefficient (Wildman–Crippen LogP) is 3.07. The molecule has 2 nitrogen and oxygen atoms in total. The van der Waals surface area contributed by atoms with Crippen LogP contribution in [0.1, 0.15) is 31.2 Å². The second-order valence-corrected chi connectivity index (χ2v) is 4.84. The van der Waals surface area contributed by atoms with Crippen LogP contribution in [0.25, 0.3) is 0 Å². The van der Waals surface area contributed by atoms with Crippen LogP contribution in [0.2, 0.25) is 0 Å². The van der Waals surface area contributed by atoms with Crippen molar-refractivity contribution >= 4 is 11.6 Å². The number of nitrogens with zero attached hydrogens (tertiary/aromatic N) is 2. The molecule has 16 heavy (non-hydrogen) atoms. The highest BCUT2D eigenvalue weighted by Gasteiger charge is 2.21. The summed E-state index contributed by atoms with van der Waals surface area (Å²) in [7, 11) is 0. The molecule has 0 radical (unpaired) electrons. The SMILES string of the molecule is ClCCN(Cc1cccnc1)C1CCCC1. The molecule has 2 rings (SSSR count). The zero-order valence-electron chi connectivity index (χ0n) is 9.61. The number of pyridine rings is 1. The van der Waals surface area contributed by atoms with Crippen LogP contribution in [-0.2, 0) is 6.54 Å². The van der Waals surface area contributed by atoms with Crippen molar-refractivity contribution in [2.45, 2.75) is 38.3 Å². The summed E-state index contributed by atoms with van der Waals surface area (Å²) >= 11 is 5.88. The third-order valence-corrected chi connectivity index (χ3v) is 3.49. The number of halogens is 1. The number of rotatable bonds is 5. The van der Waals surface area contributed by atoms with E-state index in [1.54, 1.807) is 0 Å². The monoisotopic (exact) mass is 238 g/mol. The topological polar surface area (TPSA) is 16.1 Å². The molecule has 1 aromatic rings. The molecular weight excluding hydrogens is 220 g/mol. The molecule has 0 saturated heterocycles. The fraction of sp³-hybridized carbons (Fsp3) is 0.615. The van der Waals surface area contributed by atoms with Crippen molar-refractivity contribution in [2.75, 3.05) is 12.4 Å². The van der Waals surface area contributed by atoms with Crippen molar-refractivity contribution in [3.8, 4) is 0 Å². The average molecular weight is 239 g/mol. The van der Waals surface area contributed by atoms with E-state index < -0.39 is 0 Å². The van der Waals surface area contributed by atoms with Gasteiger partial charge in [0.05, 0.1) is 0 Å². The van der Waals surface area contributed by atoms with E-state index in [9.17, 15) is 0 Å². The fourth-order valence-electron chi connectivity index (χ4n) is 2.49. The smallest absolute Gasteiger partial charge is 0.0351 e. The van der Waals surface area contributed by atoms with Crippen molar-refractivity contribution < 1.29 is 0 Å².